The molecule has 115 valence electrons. The summed E-state index contributed by atoms with van der Waals surface area (Å²) in [6.45, 7) is 8.12. The van der Waals surface area contributed by atoms with Crippen LogP contribution in [0.2, 0.25) is 0 Å². The average Bonchev–Trinajstić information content (AvgIpc) is 2.42. The van der Waals surface area contributed by atoms with E-state index < -0.39 is 0 Å². The Morgan fingerprint density at radius 3 is 2.65 bits per heavy atom. The zero-order valence-corrected chi connectivity index (χ0v) is 12.7. The summed E-state index contributed by atoms with van der Waals surface area (Å²) in [4.78, 5) is 24.8. The second-order valence-electron chi connectivity index (χ2n) is 5.91. The normalized spacial score (nSPS) is 18.7. The highest BCUT2D eigenvalue weighted by molar-refractivity contribution is 5.85. The Bertz CT molecular complexity index is 312. The van der Waals surface area contributed by atoms with Gasteiger partial charge in [0.05, 0.1) is 6.42 Å². The zero-order valence-electron chi connectivity index (χ0n) is 12.7. The second-order valence-corrected chi connectivity index (χ2v) is 5.91. The Morgan fingerprint density at radius 1 is 1.40 bits per heavy atom. The first-order valence-electron chi connectivity index (χ1n) is 7.61. The molecule has 3 N–H and O–H groups in total. The van der Waals surface area contributed by atoms with Crippen molar-refractivity contribution in [3.63, 3.8) is 0 Å². The van der Waals surface area contributed by atoms with E-state index in [4.69, 9.17) is 5.73 Å². The molecule has 1 aliphatic rings. The molecule has 0 aromatic rings. The molecular formula is C15H28N3O2. The molecule has 0 bridgehead atoms. The topological polar surface area (TPSA) is 75.4 Å². The van der Waals surface area contributed by atoms with Gasteiger partial charge in [-0.15, -0.1) is 0 Å². The van der Waals surface area contributed by atoms with Gasteiger partial charge >= 0.3 is 0 Å². The van der Waals surface area contributed by atoms with Crippen LogP contribution in [0.15, 0.2) is 0 Å². The molecule has 1 rings (SSSR count). The van der Waals surface area contributed by atoms with E-state index >= 15 is 0 Å². The molecule has 0 unspecified atom stereocenters. The first kappa shape index (κ1) is 17.0. The molecule has 1 heterocycles. The molecule has 2 amide bonds. The summed E-state index contributed by atoms with van der Waals surface area (Å²) >= 11 is 0. The van der Waals surface area contributed by atoms with E-state index in [1.165, 1.54) is 32.4 Å². The first-order valence-corrected chi connectivity index (χ1v) is 7.61. The largest absolute Gasteiger partial charge is 0.369 e. The third kappa shape index (κ3) is 6.89. The van der Waals surface area contributed by atoms with Crippen molar-refractivity contribution in [2.75, 3.05) is 26.2 Å². The number of hydrogen-bond donors (Lipinski definition) is 2. The maximum Gasteiger partial charge on any atom is 0.223 e. The predicted molar refractivity (Wildman–Crippen MR) is 79.7 cm³/mol. The number of amides is 2. The Kier molecular flexibility index (Phi) is 7.59. The minimum atomic E-state index is -0.367. The summed E-state index contributed by atoms with van der Waals surface area (Å²) in [5, 5.41) is 2.85. The van der Waals surface area contributed by atoms with Crippen molar-refractivity contribution in [1.29, 1.82) is 0 Å². The first-order chi connectivity index (χ1) is 9.49. The van der Waals surface area contributed by atoms with Gasteiger partial charge in [-0.25, -0.2) is 0 Å². The summed E-state index contributed by atoms with van der Waals surface area (Å²) < 4.78 is 0. The van der Waals surface area contributed by atoms with Gasteiger partial charge in [0.1, 0.15) is 0 Å². The molecule has 0 aromatic carbocycles. The van der Waals surface area contributed by atoms with E-state index in [0.29, 0.717) is 13.0 Å². The standard InChI is InChI=1S/C15H28N3O2/c1-12-6-10-18(11-7-12)9-3-8-17-14(19)5-4-13(2)15(16)20/h5,12-13H,3-4,6-11H2,1-2H3,(H2,16,20)(H,17,19)/t13-/m0/s1. The highest BCUT2D eigenvalue weighted by Crippen LogP contribution is 2.15. The lowest BCUT2D eigenvalue weighted by Crippen LogP contribution is -2.35. The molecule has 0 spiro atoms. The van der Waals surface area contributed by atoms with Crippen LogP contribution in [0, 0.1) is 18.3 Å². The molecule has 5 heteroatoms. The van der Waals surface area contributed by atoms with Gasteiger partial charge in [-0.2, -0.15) is 0 Å². The summed E-state index contributed by atoms with van der Waals surface area (Å²) in [5.74, 6) is 0.0997. The summed E-state index contributed by atoms with van der Waals surface area (Å²) in [6.07, 6.45) is 5.46. The minimum absolute atomic E-state index is 0.106. The van der Waals surface area contributed by atoms with Crippen LogP contribution in [0.25, 0.3) is 0 Å². The zero-order chi connectivity index (χ0) is 15.0. The Hall–Kier alpha value is -1.10. The van der Waals surface area contributed by atoms with Crippen molar-refractivity contribution >= 4 is 11.8 Å². The number of carbonyl (C=O) groups excluding carboxylic acids is 2. The van der Waals surface area contributed by atoms with E-state index in [1.807, 2.05) is 0 Å². The van der Waals surface area contributed by atoms with Crippen LogP contribution in [-0.4, -0.2) is 42.9 Å². The monoisotopic (exact) mass is 282 g/mol. The second kappa shape index (κ2) is 8.95. The van der Waals surface area contributed by atoms with E-state index in [1.54, 1.807) is 6.92 Å². The summed E-state index contributed by atoms with van der Waals surface area (Å²) in [7, 11) is 0. The molecule has 0 saturated carbocycles. The van der Waals surface area contributed by atoms with Crippen LogP contribution in [-0.2, 0) is 9.59 Å². The fourth-order valence-corrected chi connectivity index (χ4v) is 2.27. The van der Waals surface area contributed by atoms with Crippen LogP contribution in [0.5, 0.6) is 0 Å². The molecule has 0 aromatic heterocycles. The van der Waals surface area contributed by atoms with Crippen molar-refractivity contribution in [2.24, 2.45) is 17.6 Å². The lowest BCUT2D eigenvalue weighted by atomic mass is 9.99. The van der Waals surface area contributed by atoms with E-state index in [9.17, 15) is 9.59 Å². The van der Waals surface area contributed by atoms with E-state index in [0.717, 1.165) is 18.9 Å². The quantitative estimate of drug-likeness (QED) is 0.651. The average molecular weight is 282 g/mol. The fraction of sp³-hybridized carbons (Fsp3) is 0.800. The number of nitrogens with one attached hydrogen (secondary N) is 1. The van der Waals surface area contributed by atoms with Crippen LogP contribution < -0.4 is 11.1 Å². The minimum Gasteiger partial charge on any atom is -0.369 e. The number of primary amides is 1. The number of likely N-dealkylation sites (tertiary alicyclic amines) is 1. The smallest absolute Gasteiger partial charge is 0.223 e. The molecular weight excluding hydrogens is 254 g/mol. The van der Waals surface area contributed by atoms with Gasteiger partial charge in [0, 0.05) is 12.5 Å². The lowest BCUT2D eigenvalue weighted by Gasteiger charge is -2.30. The molecule has 1 fully saturated rings. The van der Waals surface area contributed by atoms with Crippen molar-refractivity contribution in [3.8, 4) is 0 Å². The summed E-state index contributed by atoms with van der Waals surface area (Å²) in [5.41, 5.74) is 5.14. The highest BCUT2D eigenvalue weighted by Gasteiger charge is 2.15. The molecule has 5 nitrogen and oxygen atoms in total. The van der Waals surface area contributed by atoms with Gasteiger partial charge in [-0.05, 0) is 51.2 Å². The molecule has 1 aliphatic heterocycles. The SMILES string of the molecule is CC1CCN(CCCNC(=O)[CH]C[C@H](C)C(N)=O)CC1. The maximum atomic E-state index is 11.5. The van der Waals surface area contributed by atoms with Gasteiger partial charge in [0.2, 0.25) is 11.8 Å². The summed E-state index contributed by atoms with van der Waals surface area (Å²) in [6, 6.07) is 0. The molecule has 1 radical (unpaired) electrons. The molecule has 0 aliphatic carbocycles. The van der Waals surface area contributed by atoms with Crippen molar-refractivity contribution in [1.82, 2.24) is 10.2 Å². The van der Waals surface area contributed by atoms with Crippen molar-refractivity contribution in [2.45, 2.75) is 39.5 Å². The Balaban J connectivity index is 2.00. The predicted octanol–water partition coefficient (Wildman–Crippen LogP) is 0.940. The number of nitrogens with zero attached hydrogens (tertiary/aromatic N) is 1. The Morgan fingerprint density at radius 2 is 2.05 bits per heavy atom. The number of rotatable bonds is 8. The van der Waals surface area contributed by atoms with Gasteiger partial charge in [-0.3, -0.25) is 9.59 Å². The number of hydrogen-bond acceptors (Lipinski definition) is 3. The highest BCUT2D eigenvalue weighted by atomic mass is 16.2. The maximum absolute atomic E-state index is 11.5. The number of nitrogens with two attached hydrogens (primary N) is 1. The van der Waals surface area contributed by atoms with Crippen LogP contribution in [0.3, 0.4) is 0 Å². The lowest BCUT2D eigenvalue weighted by molar-refractivity contribution is -0.121. The van der Waals surface area contributed by atoms with E-state index in [-0.39, 0.29) is 17.7 Å². The van der Waals surface area contributed by atoms with Crippen LogP contribution in [0.1, 0.15) is 39.5 Å². The third-order valence-electron chi connectivity index (χ3n) is 3.97. The van der Waals surface area contributed by atoms with Gasteiger partial charge in [0.15, 0.2) is 0 Å². The van der Waals surface area contributed by atoms with Gasteiger partial charge < -0.3 is 16.0 Å². The van der Waals surface area contributed by atoms with Crippen LogP contribution >= 0.6 is 0 Å². The molecule has 1 atom stereocenters. The molecule has 20 heavy (non-hydrogen) atoms. The van der Waals surface area contributed by atoms with Crippen molar-refractivity contribution < 1.29 is 9.59 Å². The Labute approximate surface area is 122 Å². The molecule has 1 saturated heterocycles. The van der Waals surface area contributed by atoms with Gasteiger partial charge in [-0.1, -0.05) is 13.8 Å². The number of piperidine rings is 1. The van der Waals surface area contributed by atoms with Crippen LogP contribution in [0.4, 0.5) is 0 Å². The van der Waals surface area contributed by atoms with E-state index in [2.05, 4.69) is 17.1 Å². The third-order valence-corrected chi connectivity index (χ3v) is 3.97. The van der Waals surface area contributed by atoms with Gasteiger partial charge in [0.25, 0.3) is 0 Å². The number of carbonyl (C=O) groups is 2. The van der Waals surface area contributed by atoms with Crippen molar-refractivity contribution in [3.05, 3.63) is 6.42 Å². The fourth-order valence-electron chi connectivity index (χ4n) is 2.27.